The fourth-order valence-corrected chi connectivity index (χ4v) is 5.82. The predicted octanol–water partition coefficient (Wildman–Crippen LogP) is 1.75. The highest BCUT2D eigenvalue weighted by Crippen LogP contribution is 2.28. The lowest BCUT2D eigenvalue weighted by Gasteiger charge is -2.16. The Kier molecular flexibility index (Phi) is 3.73. The van der Waals surface area contributed by atoms with Gasteiger partial charge in [0.15, 0.2) is 9.84 Å². The summed E-state index contributed by atoms with van der Waals surface area (Å²) in [5.41, 5.74) is 0. The first-order valence-corrected chi connectivity index (χ1v) is 8.26. The van der Waals surface area contributed by atoms with Gasteiger partial charge in [-0.3, -0.25) is 0 Å². The molecule has 1 saturated heterocycles. The number of hydrogen-bond donors (Lipinski definition) is 0. The van der Waals surface area contributed by atoms with Crippen LogP contribution in [0.4, 0.5) is 0 Å². The number of hydrogen-bond acceptors (Lipinski definition) is 3. The third kappa shape index (κ3) is 3.17. The minimum atomic E-state index is -2.86. The molecule has 2 aliphatic rings. The molecule has 0 aromatic carbocycles. The summed E-state index contributed by atoms with van der Waals surface area (Å²) in [6, 6.07) is 0. The third-order valence-electron chi connectivity index (χ3n) is 3.26. The first-order valence-electron chi connectivity index (χ1n) is 5.53. The molecule has 3 nitrogen and oxygen atoms in total. The van der Waals surface area contributed by atoms with E-state index >= 15 is 0 Å². The van der Waals surface area contributed by atoms with E-state index in [1.807, 2.05) is 0 Å². The zero-order valence-electron chi connectivity index (χ0n) is 8.69. The standard InChI is InChI=1S/C10H17BrO3S/c11-9-6-15(12,13)7-10(9)14-5-8-3-1-2-4-8/h8-10H,1-7H2. The van der Waals surface area contributed by atoms with E-state index in [1.54, 1.807) is 0 Å². The van der Waals surface area contributed by atoms with Gasteiger partial charge in [-0.15, -0.1) is 0 Å². The molecule has 0 amide bonds. The molecule has 2 unspecified atom stereocenters. The van der Waals surface area contributed by atoms with E-state index in [0.29, 0.717) is 5.92 Å². The van der Waals surface area contributed by atoms with Crippen LogP contribution in [0.25, 0.3) is 0 Å². The lowest BCUT2D eigenvalue weighted by Crippen LogP contribution is -2.24. The number of sulfone groups is 1. The Hall–Kier alpha value is 0.390. The van der Waals surface area contributed by atoms with Crippen LogP contribution < -0.4 is 0 Å². The summed E-state index contributed by atoms with van der Waals surface area (Å²) in [5.74, 6) is 1.07. The number of rotatable bonds is 3. The van der Waals surface area contributed by atoms with Gasteiger partial charge in [-0.1, -0.05) is 28.8 Å². The molecule has 1 aliphatic heterocycles. The number of halogens is 1. The van der Waals surface area contributed by atoms with E-state index in [9.17, 15) is 8.42 Å². The van der Waals surface area contributed by atoms with E-state index in [-0.39, 0.29) is 22.4 Å². The van der Waals surface area contributed by atoms with Gasteiger partial charge in [0, 0.05) is 6.61 Å². The highest BCUT2D eigenvalue weighted by Gasteiger charge is 2.37. The third-order valence-corrected chi connectivity index (χ3v) is 6.30. The molecule has 2 fully saturated rings. The van der Waals surface area contributed by atoms with Crippen LogP contribution in [0, 0.1) is 5.92 Å². The molecule has 2 atom stereocenters. The topological polar surface area (TPSA) is 43.4 Å². The van der Waals surface area contributed by atoms with Crippen molar-refractivity contribution in [2.24, 2.45) is 5.92 Å². The summed E-state index contributed by atoms with van der Waals surface area (Å²) in [5, 5.41) is 0. The van der Waals surface area contributed by atoms with Gasteiger partial charge in [-0.25, -0.2) is 8.42 Å². The van der Waals surface area contributed by atoms with E-state index < -0.39 is 9.84 Å². The second-order valence-corrected chi connectivity index (χ2v) is 7.95. The Balaban J connectivity index is 1.79. The van der Waals surface area contributed by atoms with Gasteiger partial charge < -0.3 is 4.74 Å². The van der Waals surface area contributed by atoms with Crippen LogP contribution in [0.3, 0.4) is 0 Å². The van der Waals surface area contributed by atoms with Gasteiger partial charge >= 0.3 is 0 Å². The van der Waals surface area contributed by atoms with Crippen molar-refractivity contribution in [3.05, 3.63) is 0 Å². The van der Waals surface area contributed by atoms with E-state index in [1.165, 1.54) is 25.7 Å². The van der Waals surface area contributed by atoms with Gasteiger partial charge in [0.2, 0.25) is 0 Å². The van der Waals surface area contributed by atoms with Crippen LogP contribution in [0.2, 0.25) is 0 Å². The average molecular weight is 297 g/mol. The smallest absolute Gasteiger partial charge is 0.154 e. The fourth-order valence-electron chi connectivity index (χ4n) is 2.36. The summed E-state index contributed by atoms with van der Waals surface area (Å²) in [7, 11) is -2.86. The van der Waals surface area contributed by atoms with Crippen molar-refractivity contribution in [2.75, 3.05) is 18.1 Å². The van der Waals surface area contributed by atoms with Gasteiger partial charge in [0.05, 0.1) is 22.4 Å². The molecular formula is C10H17BrO3S. The quantitative estimate of drug-likeness (QED) is 0.746. The second kappa shape index (κ2) is 4.72. The molecule has 88 valence electrons. The lowest BCUT2D eigenvalue weighted by molar-refractivity contribution is 0.0499. The van der Waals surface area contributed by atoms with Crippen molar-refractivity contribution in [2.45, 2.75) is 36.6 Å². The Morgan fingerprint density at radius 3 is 2.40 bits per heavy atom. The molecule has 0 bridgehead atoms. The normalized spacial score (nSPS) is 36.1. The highest BCUT2D eigenvalue weighted by atomic mass is 79.9. The molecule has 2 rings (SSSR count). The molecule has 0 radical (unpaired) electrons. The maximum absolute atomic E-state index is 11.3. The highest BCUT2D eigenvalue weighted by molar-refractivity contribution is 9.09. The maximum Gasteiger partial charge on any atom is 0.154 e. The van der Waals surface area contributed by atoms with Crippen LogP contribution in [0.15, 0.2) is 0 Å². The molecule has 1 aliphatic carbocycles. The zero-order chi connectivity index (χ0) is 10.9. The molecule has 0 N–H and O–H groups in total. The van der Waals surface area contributed by atoms with Crippen molar-refractivity contribution in [1.29, 1.82) is 0 Å². The Morgan fingerprint density at radius 2 is 1.87 bits per heavy atom. The first kappa shape index (κ1) is 11.9. The van der Waals surface area contributed by atoms with Crippen LogP contribution in [0.1, 0.15) is 25.7 Å². The Morgan fingerprint density at radius 1 is 1.20 bits per heavy atom. The lowest BCUT2D eigenvalue weighted by atomic mass is 10.1. The second-order valence-electron chi connectivity index (χ2n) is 4.62. The summed E-state index contributed by atoms with van der Waals surface area (Å²) < 4.78 is 28.4. The van der Waals surface area contributed by atoms with Crippen molar-refractivity contribution in [3.63, 3.8) is 0 Å². The van der Waals surface area contributed by atoms with Crippen molar-refractivity contribution in [1.82, 2.24) is 0 Å². The van der Waals surface area contributed by atoms with Gasteiger partial charge in [-0.2, -0.15) is 0 Å². The summed E-state index contributed by atoms with van der Waals surface area (Å²) >= 11 is 3.39. The van der Waals surface area contributed by atoms with E-state index in [2.05, 4.69) is 15.9 Å². The minimum Gasteiger partial charge on any atom is -0.376 e. The molecule has 1 saturated carbocycles. The van der Waals surface area contributed by atoms with Crippen molar-refractivity contribution < 1.29 is 13.2 Å². The Labute approximate surface area is 99.6 Å². The first-order chi connectivity index (χ1) is 7.07. The molecule has 5 heteroatoms. The Bertz CT molecular complexity index is 309. The summed E-state index contributed by atoms with van der Waals surface area (Å²) in [4.78, 5) is -0.0103. The molecule has 0 aromatic heterocycles. The van der Waals surface area contributed by atoms with Gasteiger partial charge in [0.25, 0.3) is 0 Å². The maximum atomic E-state index is 11.3. The largest absolute Gasteiger partial charge is 0.376 e. The van der Waals surface area contributed by atoms with E-state index in [0.717, 1.165) is 6.61 Å². The molecule has 0 aromatic rings. The monoisotopic (exact) mass is 296 g/mol. The minimum absolute atomic E-state index is 0.0103. The summed E-state index contributed by atoms with van der Waals surface area (Å²) in [6.07, 6.45) is 4.96. The zero-order valence-corrected chi connectivity index (χ0v) is 11.1. The number of ether oxygens (including phenoxy) is 1. The van der Waals surface area contributed by atoms with Crippen LogP contribution in [0.5, 0.6) is 0 Å². The van der Waals surface area contributed by atoms with Crippen LogP contribution in [-0.4, -0.2) is 37.5 Å². The van der Waals surface area contributed by atoms with E-state index in [4.69, 9.17) is 4.74 Å². The van der Waals surface area contributed by atoms with Crippen LogP contribution in [-0.2, 0) is 14.6 Å². The molecule has 15 heavy (non-hydrogen) atoms. The van der Waals surface area contributed by atoms with Crippen molar-refractivity contribution >= 4 is 25.8 Å². The molecular weight excluding hydrogens is 280 g/mol. The number of alkyl halides is 1. The fraction of sp³-hybridized carbons (Fsp3) is 1.00. The van der Waals surface area contributed by atoms with Crippen LogP contribution >= 0.6 is 15.9 Å². The average Bonchev–Trinajstić information content (AvgIpc) is 2.70. The predicted molar refractivity (Wildman–Crippen MR) is 63.1 cm³/mol. The molecule has 1 heterocycles. The molecule has 0 spiro atoms. The van der Waals surface area contributed by atoms with Gasteiger partial charge in [-0.05, 0) is 18.8 Å². The SMILES string of the molecule is O=S1(=O)CC(Br)C(OCC2CCCC2)C1. The van der Waals surface area contributed by atoms with Crippen molar-refractivity contribution in [3.8, 4) is 0 Å². The van der Waals surface area contributed by atoms with Gasteiger partial charge in [0.1, 0.15) is 0 Å². The summed E-state index contributed by atoms with van der Waals surface area (Å²) in [6.45, 7) is 0.738.